The lowest BCUT2D eigenvalue weighted by atomic mass is 9.80. The van der Waals surface area contributed by atoms with Gasteiger partial charge in [0, 0.05) is 5.75 Å². The molecule has 1 aromatic rings. The normalized spacial score (nSPS) is 27.2. The average Bonchev–Trinajstić information content (AvgIpc) is 2.91. The van der Waals surface area contributed by atoms with Crippen molar-refractivity contribution >= 4 is 29.3 Å². The van der Waals surface area contributed by atoms with Gasteiger partial charge < -0.3 is 9.84 Å². The van der Waals surface area contributed by atoms with Crippen LogP contribution in [0.3, 0.4) is 0 Å². The van der Waals surface area contributed by atoms with Crippen molar-refractivity contribution in [2.45, 2.75) is 42.5 Å². The van der Waals surface area contributed by atoms with Gasteiger partial charge in [0.25, 0.3) is 0 Å². The third-order valence-corrected chi connectivity index (χ3v) is 5.41. The second kappa shape index (κ2) is 6.67. The van der Waals surface area contributed by atoms with E-state index in [4.69, 9.17) is 4.74 Å². The van der Waals surface area contributed by atoms with Crippen molar-refractivity contribution in [3.8, 4) is 0 Å². The van der Waals surface area contributed by atoms with Gasteiger partial charge in [-0.05, 0) is 44.1 Å². The van der Waals surface area contributed by atoms with E-state index in [0.29, 0.717) is 38.0 Å². The minimum atomic E-state index is -0.695. The smallest absolute Gasteiger partial charge is 0.308 e. The van der Waals surface area contributed by atoms with Crippen LogP contribution in [0.2, 0.25) is 0 Å². The summed E-state index contributed by atoms with van der Waals surface area (Å²) < 4.78 is 9.83. The Morgan fingerprint density at radius 1 is 1.63 bits per heavy atom. The number of carbonyl (C=O) groups is 1. The summed E-state index contributed by atoms with van der Waals surface area (Å²) in [5.74, 6) is 0.436. The molecule has 0 atom stereocenters. The van der Waals surface area contributed by atoms with Crippen LogP contribution in [0.4, 0.5) is 0 Å². The van der Waals surface area contributed by atoms with Gasteiger partial charge in [0.15, 0.2) is 4.34 Å². The van der Waals surface area contributed by atoms with Crippen LogP contribution in [0, 0.1) is 5.92 Å². The molecule has 1 saturated carbocycles. The van der Waals surface area contributed by atoms with Crippen LogP contribution >= 0.6 is 23.3 Å². The molecular weight excluding hydrogens is 284 g/mol. The van der Waals surface area contributed by atoms with Gasteiger partial charge in [0.05, 0.1) is 18.1 Å². The Balaban J connectivity index is 1.79. The summed E-state index contributed by atoms with van der Waals surface area (Å²) in [5.41, 5.74) is -0.695. The van der Waals surface area contributed by atoms with E-state index >= 15 is 0 Å². The number of hydrogen-bond donors (Lipinski definition) is 1. The van der Waals surface area contributed by atoms with Gasteiger partial charge in [-0.15, -0.1) is 0 Å². The number of aromatic nitrogens is 2. The second-order valence-electron chi connectivity index (χ2n) is 4.75. The van der Waals surface area contributed by atoms with Gasteiger partial charge in [-0.2, -0.15) is 4.37 Å². The van der Waals surface area contributed by atoms with E-state index in [9.17, 15) is 9.90 Å². The Hall–Kier alpha value is -0.660. The lowest BCUT2D eigenvalue weighted by molar-refractivity contribution is -0.150. The molecule has 2 rings (SSSR count). The maximum atomic E-state index is 11.6. The summed E-state index contributed by atoms with van der Waals surface area (Å²) in [6.07, 6.45) is 4.21. The van der Waals surface area contributed by atoms with Crippen LogP contribution in [0.25, 0.3) is 0 Å². The highest BCUT2D eigenvalue weighted by atomic mass is 32.2. The number of esters is 1. The van der Waals surface area contributed by atoms with Gasteiger partial charge in [-0.3, -0.25) is 4.79 Å². The molecule has 1 fully saturated rings. The SMILES string of the molecule is CCOC(=O)C1CCC(O)(CSc2ncns2)CC1. The molecule has 0 unspecified atom stereocenters. The summed E-state index contributed by atoms with van der Waals surface area (Å²) in [7, 11) is 0. The molecule has 0 aliphatic heterocycles. The summed E-state index contributed by atoms with van der Waals surface area (Å²) in [6, 6.07) is 0. The molecule has 0 radical (unpaired) electrons. The molecule has 1 aliphatic carbocycles. The summed E-state index contributed by atoms with van der Waals surface area (Å²) in [5, 5.41) is 10.5. The molecule has 7 heteroatoms. The van der Waals surface area contributed by atoms with Gasteiger partial charge in [-0.25, -0.2) is 4.98 Å². The van der Waals surface area contributed by atoms with E-state index in [1.165, 1.54) is 29.6 Å². The minimum Gasteiger partial charge on any atom is -0.466 e. The van der Waals surface area contributed by atoms with Crippen molar-refractivity contribution < 1.29 is 14.6 Å². The molecule has 0 amide bonds. The first-order valence-electron chi connectivity index (χ1n) is 6.41. The standard InChI is InChI=1S/C12H18N2O3S2/c1-2-17-10(15)9-3-5-12(16,6-4-9)7-18-11-13-8-14-19-11/h8-9,16H,2-7H2,1H3. The quantitative estimate of drug-likeness (QED) is 0.663. The van der Waals surface area contributed by atoms with Gasteiger partial charge in [-0.1, -0.05) is 11.8 Å². The molecule has 1 aliphatic rings. The highest BCUT2D eigenvalue weighted by molar-refractivity contribution is 8.01. The van der Waals surface area contributed by atoms with E-state index < -0.39 is 5.60 Å². The third-order valence-electron chi connectivity index (χ3n) is 3.34. The van der Waals surface area contributed by atoms with Gasteiger partial charge >= 0.3 is 5.97 Å². The fraction of sp³-hybridized carbons (Fsp3) is 0.750. The number of nitrogens with zero attached hydrogens (tertiary/aromatic N) is 2. The molecule has 1 aromatic heterocycles. The zero-order chi connectivity index (χ0) is 13.7. The lowest BCUT2D eigenvalue weighted by Crippen LogP contribution is -2.38. The molecular formula is C12H18N2O3S2. The van der Waals surface area contributed by atoms with Crippen LogP contribution in [0.15, 0.2) is 10.7 Å². The molecule has 0 saturated heterocycles. The Morgan fingerprint density at radius 3 is 2.95 bits per heavy atom. The predicted octanol–water partition coefficient (Wildman–Crippen LogP) is 2.11. The molecule has 0 bridgehead atoms. The number of carbonyl (C=O) groups excluding carboxylic acids is 1. The van der Waals surface area contributed by atoms with E-state index in [1.54, 1.807) is 0 Å². The van der Waals surface area contributed by atoms with Crippen molar-refractivity contribution in [1.29, 1.82) is 0 Å². The monoisotopic (exact) mass is 302 g/mol. The molecule has 1 N–H and O–H groups in total. The van der Waals surface area contributed by atoms with Crippen LogP contribution in [0.5, 0.6) is 0 Å². The van der Waals surface area contributed by atoms with Crippen molar-refractivity contribution in [3.05, 3.63) is 6.33 Å². The average molecular weight is 302 g/mol. The fourth-order valence-electron chi connectivity index (χ4n) is 2.22. The molecule has 0 spiro atoms. The Morgan fingerprint density at radius 2 is 2.37 bits per heavy atom. The number of aliphatic hydroxyl groups is 1. The van der Waals surface area contributed by atoms with Gasteiger partial charge in [0.1, 0.15) is 6.33 Å². The van der Waals surface area contributed by atoms with Crippen molar-refractivity contribution in [1.82, 2.24) is 9.36 Å². The first-order chi connectivity index (χ1) is 9.13. The fourth-order valence-corrected chi connectivity index (χ4v) is 3.82. The highest BCUT2D eigenvalue weighted by Gasteiger charge is 2.36. The molecule has 106 valence electrons. The first kappa shape index (κ1) is 14.7. The van der Waals surface area contributed by atoms with E-state index in [2.05, 4.69) is 9.36 Å². The maximum Gasteiger partial charge on any atom is 0.308 e. The number of rotatable bonds is 5. The number of thioether (sulfide) groups is 1. The zero-order valence-electron chi connectivity index (χ0n) is 10.9. The summed E-state index contributed by atoms with van der Waals surface area (Å²) in [4.78, 5) is 15.7. The largest absolute Gasteiger partial charge is 0.466 e. The summed E-state index contributed by atoms with van der Waals surface area (Å²) in [6.45, 7) is 2.24. The Bertz CT molecular complexity index is 403. The van der Waals surface area contributed by atoms with E-state index in [0.717, 1.165) is 4.34 Å². The third kappa shape index (κ3) is 4.15. The number of hydrogen-bond acceptors (Lipinski definition) is 7. The Kier molecular flexibility index (Phi) is 5.18. The predicted molar refractivity (Wildman–Crippen MR) is 74.2 cm³/mol. The van der Waals surface area contributed by atoms with Crippen LogP contribution < -0.4 is 0 Å². The summed E-state index contributed by atoms with van der Waals surface area (Å²) >= 11 is 2.87. The van der Waals surface area contributed by atoms with Crippen molar-refractivity contribution in [2.24, 2.45) is 5.92 Å². The van der Waals surface area contributed by atoms with Crippen molar-refractivity contribution in [2.75, 3.05) is 12.4 Å². The minimum absolute atomic E-state index is 0.0493. The molecule has 0 aromatic carbocycles. The van der Waals surface area contributed by atoms with E-state index in [-0.39, 0.29) is 11.9 Å². The maximum absolute atomic E-state index is 11.6. The van der Waals surface area contributed by atoms with Gasteiger partial charge in [0.2, 0.25) is 0 Å². The van der Waals surface area contributed by atoms with E-state index in [1.807, 2.05) is 6.92 Å². The molecule has 19 heavy (non-hydrogen) atoms. The van der Waals surface area contributed by atoms with Crippen LogP contribution in [0.1, 0.15) is 32.6 Å². The second-order valence-corrected chi connectivity index (χ2v) is 6.75. The van der Waals surface area contributed by atoms with Crippen molar-refractivity contribution in [3.63, 3.8) is 0 Å². The zero-order valence-corrected chi connectivity index (χ0v) is 12.5. The topological polar surface area (TPSA) is 72.3 Å². The first-order valence-corrected chi connectivity index (χ1v) is 8.17. The molecule has 5 nitrogen and oxygen atoms in total. The Labute approximate surface area is 120 Å². The number of ether oxygens (including phenoxy) is 1. The highest BCUT2D eigenvalue weighted by Crippen LogP contribution is 2.36. The van der Waals surface area contributed by atoms with Crippen LogP contribution in [-0.2, 0) is 9.53 Å². The lowest BCUT2D eigenvalue weighted by Gasteiger charge is -2.34. The van der Waals surface area contributed by atoms with Crippen LogP contribution in [-0.4, -0.2) is 38.4 Å². The molecule has 1 heterocycles.